The van der Waals surface area contributed by atoms with Gasteiger partial charge in [0.2, 0.25) is 0 Å². The van der Waals surface area contributed by atoms with Crippen LogP contribution in [0.5, 0.6) is 0 Å². The van der Waals surface area contributed by atoms with E-state index in [0.717, 1.165) is 18.8 Å². The van der Waals surface area contributed by atoms with E-state index < -0.39 is 5.97 Å². The number of urea groups is 1. The van der Waals surface area contributed by atoms with Gasteiger partial charge in [-0.3, -0.25) is 0 Å². The van der Waals surface area contributed by atoms with Gasteiger partial charge in [0.1, 0.15) is 0 Å². The van der Waals surface area contributed by atoms with E-state index in [0.29, 0.717) is 10.9 Å². The number of carboxylic acids is 1. The molecule has 1 atom stereocenters. The number of carboxylic acid groups (broad SMARTS) is 1. The fourth-order valence-electron chi connectivity index (χ4n) is 1.90. The van der Waals surface area contributed by atoms with E-state index >= 15 is 0 Å². The summed E-state index contributed by atoms with van der Waals surface area (Å²) < 4.78 is 0. The Morgan fingerprint density at radius 2 is 2.05 bits per heavy atom. The third kappa shape index (κ3) is 3.64. The summed E-state index contributed by atoms with van der Waals surface area (Å²) >= 11 is 1.86. The smallest absolute Gasteiger partial charge is 0.335 e. The molecule has 2 amide bonds. The van der Waals surface area contributed by atoms with E-state index in [9.17, 15) is 9.59 Å². The van der Waals surface area contributed by atoms with Crippen molar-refractivity contribution in [3.63, 3.8) is 0 Å². The van der Waals surface area contributed by atoms with Crippen LogP contribution in [0.2, 0.25) is 0 Å². The number of aromatic carboxylic acids is 1. The number of anilines is 1. The highest BCUT2D eigenvalue weighted by molar-refractivity contribution is 7.99. The Hall–Kier alpha value is -1.69. The van der Waals surface area contributed by atoms with Crippen LogP contribution in [-0.4, -0.2) is 46.1 Å². The van der Waals surface area contributed by atoms with Crippen LogP contribution in [-0.2, 0) is 0 Å². The molecule has 1 aromatic carbocycles. The number of nitrogens with one attached hydrogen (secondary N) is 1. The van der Waals surface area contributed by atoms with Gasteiger partial charge in [-0.2, -0.15) is 11.8 Å². The van der Waals surface area contributed by atoms with Gasteiger partial charge in [0.05, 0.1) is 5.56 Å². The zero-order valence-corrected chi connectivity index (χ0v) is 11.4. The Morgan fingerprint density at radius 3 is 2.63 bits per heavy atom. The van der Waals surface area contributed by atoms with Crippen molar-refractivity contribution in [2.75, 3.05) is 24.2 Å². The van der Waals surface area contributed by atoms with Crippen LogP contribution >= 0.6 is 11.8 Å². The molecule has 5 nitrogen and oxygen atoms in total. The molecule has 0 saturated carbocycles. The van der Waals surface area contributed by atoms with Crippen molar-refractivity contribution < 1.29 is 14.7 Å². The molecule has 1 aliphatic heterocycles. The molecule has 6 heteroatoms. The van der Waals surface area contributed by atoms with Gasteiger partial charge in [0.15, 0.2) is 0 Å². The molecule has 1 saturated heterocycles. The number of benzene rings is 1. The minimum Gasteiger partial charge on any atom is -0.478 e. The molecule has 0 aromatic heterocycles. The molecule has 102 valence electrons. The lowest BCUT2D eigenvalue weighted by Crippen LogP contribution is -2.43. The minimum atomic E-state index is -0.972. The predicted molar refractivity (Wildman–Crippen MR) is 75.9 cm³/mol. The highest BCUT2D eigenvalue weighted by atomic mass is 32.2. The highest BCUT2D eigenvalue weighted by Crippen LogP contribution is 2.19. The average Bonchev–Trinajstić information content (AvgIpc) is 2.39. The molecule has 0 aliphatic carbocycles. The number of hydrogen-bond acceptors (Lipinski definition) is 3. The van der Waals surface area contributed by atoms with Crippen LogP contribution < -0.4 is 5.32 Å². The quantitative estimate of drug-likeness (QED) is 0.872. The van der Waals surface area contributed by atoms with Crippen molar-refractivity contribution in [3.8, 4) is 0 Å². The maximum atomic E-state index is 12.0. The van der Waals surface area contributed by atoms with Crippen LogP contribution in [0.25, 0.3) is 0 Å². The standard InChI is InChI=1S/C13H16N2O3S/c1-9-8-15(6-7-19-9)13(18)14-11-4-2-10(3-5-11)12(16)17/h2-5,9H,6-8H2,1H3,(H,14,18)(H,16,17). The number of carbonyl (C=O) groups is 2. The van der Waals surface area contributed by atoms with E-state index in [4.69, 9.17) is 5.11 Å². The van der Waals surface area contributed by atoms with Crippen molar-refractivity contribution in [1.82, 2.24) is 4.90 Å². The normalized spacial score (nSPS) is 19.0. The summed E-state index contributed by atoms with van der Waals surface area (Å²) in [5.74, 6) is -0.0215. The largest absolute Gasteiger partial charge is 0.478 e. The molecule has 1 aromatic rings. The Kier molecular flexibility index (Phi) is 4.31. The summed E-state index contributed by atoms with van der Waals surface area (Å²) in [6.07, 6.45) is 0. The number of amides is 2. The van der Waals surface area contributed by atoms with Crippen LogP contribution in [0.15, 0.2) is 24.3 Å². The van der Waals surface area contributed by atoms with Crippen LogP contribution in [0.1, 0.15) is 17.3 Å². The fraction of sp³-hybridized carbons (Fsp3) is 0.385. The van der Waals surface area contributed by atoms with Crippen LogP contribution in [0.4, 0.5) is 10.5 Å². The Bertz CT molecular complexity index is 475. The Balaban J connectivity index is 1.96. The summed E-state index contributed by atoms with van der Waals surface area (Å²) in [7, 11) is 0. The van der Waals surface area contributed by atoms with E-state index in [1.807, 2.05) is 11.8 Å². The van der Waals surface area contributed by atoms with E-state index in [2.05, 4.69) is 12.2 Å². The number of nitrogens with zero attached hydrogens (tertiary/aromatic N) is 1. The van der Waals surface area contributed by atoms with Gasteiger partial charge in [-0.15, -0.1) is 0 Å². The summed E-state index contributed by atoms with van der Waals surface area (Å²) in [5.41, 5.74) is 0.821. The summed E-state index contributed by atoms with van der Waals surface area (Å²) in [6.45, 7) is 3.59. The van der Waals surface area contributed by atoms with Crippen molar-refractivity contribution in [2.45, 2.75) is 12.2 Å². The number of carbonyl (C=O) groups excluding carboxylic acids is 1. The van der Waals surface area contributed by atoms with Gasteiger partial charge in [0, 0.05) is 29.8 Å². The molecule has 0 bridgehead atoms. The zero-order valence-electron chi connectivity index (χ0n) is 10.6. The second kappa shape index (κ2) is 5.97. The molecule has 1 unspecified atom stereocenters. The first kappa shape index (κ1) is 13.7. The fourth-order valence-corrected chi connectivity index (χ4v) is 2.92. The second-order valence-electron chi connectivity index (χ2n) is 4.44. The van der Waals surface area contributed by atoms with E-state index in [1.165, 1.54) is 12.1 Å². The number of thioether (sulfide) groups is 1. The number of hydrogen-bond donors (Lipinski definition) is 2. The SMILES string of the molecule is CC1CN(C(=O)Nc2ccc(C(=O)O)cc2)CCS1. The Morgan fingerprint density at radius 1 is 1.37 bits per heavy atom. The summed E-state index contributed by atoms with van der Waals surface area (Å²) in [5, 5.41) is 12.0. The Labute approximate surface area is 116 Å². The van der Waals surface area contributed by atoms with Crippen LogP contribution in [0, 0.1) is 0 Å². The van der Waals surface area contributed by atoms with Gasteiger partial charge < -0.3 is 15.3 Å². The van der Waals surface area contributed by atoms with Gasteiger partial charge >= 0.3 is 12.0 Å². The first-order chi connectivity index (χ1) is 9.06. The second-order valence-corrected chi connectivity index (χ2v) is 5.99. The van der Waals surface area contributed by atoms with Gasteiger partial charge in [-0.25, -0.2) is 9.59 Å². The zero-order chi connectivity index (χ0) is 13.8. The van der Waals surface area contributed by atoms with Crippen LogP contribution in [0.3, 0.4) is 0 Å². The lowest BCUT2D eigenvalue weighted by Gasteiger charge is -2.30. The molecule has 0 radical (unpaired) electrons. The van der Waals surface area contributed by atoms with E-state index in [1.54, 1.807) is 17.0 Å². The molecular weight excluding hydrogens is 264 g/mol. The lowest BCUT2D eigenvalue weighted by atomic mass is 10.2. The van der Waals surface area contributed by atoms with Gasteiger partial charge in [-0.05, 0) is 24.3 Å². The average molecular weight is 280 g/mol. The third-order valence-corrected chi connectivity index (χ3v) is 4.05. The molecule has 19 heavy (non-hydrogen) atoms. The van der Waals surface area contributed by atoms with Gasteiger partial charge in [-0.1, -0.05) is 6.92 Å². The monoisotopic (exact) mass is 280 g/mol. The molecule has 1 aliphatic rings. The van der Waals surface area contributed by atoms with Crippen molar-refractivity contribution >= 4 is 29.4 Å². The lowest BCUT2D eigenvalue weighted by molar-refractivity contribution is 0.0697. The third-order valence-electron chi connectivity index (χ3n) is 2.91. The highest BCUT2D eigenvalue weighted by Gasteiger charge is 2.21. The molecule has 1 fully saturated rings. The molecule has 2 rings (SSSR count). The summed E-state index contributed by atoms with van der Waals surface area (Å²) in [6, 6.07) is 6.03. The maximum absolute atomic E-state index is 12.0. The molecule has 0 spiro atoms. The minimum absolute atomic E-state index is 0.129. The van der Waals surface area contributed by atoms with Crippen molar-refractivity contribution in [1.29, 1.82) is 0 Å². The first-order valence-electron chi connectivity index (χ1n) is 6.07. The van der Waals surface area contributed by atoms with E-state index in [-0.39, 0.29) is 11.6 Å². The topological polar surface area (TPSA) is 69.6 Å². The predicted octanol–water partition coefficient (Wildman–Crippen LogP) is 2.35. The molecule has 2 N–H and O–H groups in total. The maximum Gasteiger partial charge on any atom is 0.335 e. The van der Waals surface area contributed by atoms with Crippen molar-refractivity contribution in [3.05, 3.63) is 29.8 Å². The summed E-state index contributed by atoms with van der Waals surface area (Å²) in [4.78, 5) is 24.5. The number of rotatable bonds is 2. The van der Waals surface area contributed by atoms with Crippen molar-refractivity contribution in [2.24, 2.45) is 0 Å². The first-order valence-corrected chi connectivity index (χ1v) is 7.12. The molecular formula is C13H16N2O3S. The van der Waals surface area contributed by atoms with Gasteiger partial charge in [0.25, 0.3) is 0 Å². The molecule has 1 heterocycles.